The Morgan fingerprint density at radius 1 is 1.53 bits per heavy atom. The molecule has 3 nitrogen and oxygen atoms in total. The molecule has 102 valence electrons. The summed E-state index contributed by atoms with van der Waals surface area (Å²) in [5.74, 6) is -0.842. The number of hydrogen-bond acceptors (Lipinski definition) is 4. The predicted molar refractivity (Wildman–Crippen MR) is 80.3 cm³/mol. The van der Waals surface area contributed by atoms with Crippen molar-refractivity contribution in [1.29, 1.82) is 0 Å². The van der Waals surface area contributed by atoms with Crippen LogP contribution in [-0.2, 0) is 13.0 Å². The molecule has 0 radical (unpaired) electrons. The molecule has 0 aromatic carbocycles. The highest BCUT2D eigenvalue weighted by Gasteiger charge is 2.11. The van der Waals surface area contributed by atoms with Crippen molar-refractivity contribution in [2.45, 2.75) is 32.9 Å². The lowest BCUT2D eigenvalue weighted by molar-refractivity contribution is 0.0702. The van der Waals surface area contributed by atoms with Crippen molar-refractivity contribution in [3.8, 4) is 0 Å². The second-order valence-electron chi connectivity index (χ2n) is 4.61. The van der Waals surface area contributed by atoms with Crippen LogP contribution in [0.4, 0.5) is 0 Å². The van der Waals surface area contributed by atoms with Gasteiger partial charge >= 0.3 is 5.97 Å². The zero-order valence-corrected chi connectivity index (χ0v) is 12.6. The lowest BCUT2D eigenvalue weighted by Crippen LogP contribution is -2.27. The number of aryl methyl sites for hydroxylation is 1. The van der Waals surface area contributed by atoms with E-state index >= 15 is 0 Å². The van der Waals surface area contributed by atoms with Crippen molar-refractivity contribution < 1.29 is 9.90 Å². The first-order valence-corrected chi connectivity index (χ1v) is 7.89. The Morgan fingerprint density at radius 2 is 2.32 bits per heavy atom. The smallest absolute Gasteiger partial charge is 0.345 e. The van der Waals surface area contributed by atoms with Gasteiger partial charge < -0.3 is 10.4 Å². The van der Waals surface area contributed by atoms with Crippen LogP contribution in [0.2, 0.25) is 0 Å². The normalized spacial score (nSPS) is 12.5. The molecule has 1 unspecified atom stereocenters. The Morgan fingerprint density at radius 3 is 2.89 bits per heavy atom. The zero-order valence-electron chi connectivity index (χ0n) is 11.0. The molecule has 19 heavy (non-hydrogen) atoms. The van der Waals surface area contributed by atoms with E-state index in [0.29, 0.717) is 10.9 Å². The number of nitrogens with one attached hydrogen (secondary N) is 1. The summed E-state index contributed by atoms with van der Waals surface area (Å²) in [6.07, 6.45) is 0.998. The molecule has 0 amide bonds. The molecule has 0 fully saturated rings. The molecule has 0 saturated carbocycles. The molecular formula is C14H17NO2S2. The van der Waals surface area contributed by atoms with E-state index in [2.05, 4.69) is 29.1 Å². The number of carbonyl (C=O) groups is 1. The average molecular weight is 295 g/mol. The molecule has 0 aliphatic heterocycles. The van der Waals surface area contributed by atoms with Crippen LogP contribution in [0, 0.1) is 6.92 Å². The second-order valence-corrected chi connectivity index (χ2v) is 6.65. The third-order valence-electron chi connectivity index (χ3n) is 2.99. The van der Waals surface area contributed by atoms with E-state index < -0.39 is 5.97 Å². The van der Waals surface area contributed by atoms with Crippen molar-refractivity contribution in [2.75, 3.05) is 0 Å². The summed E-state index contributed by atoms with van der Waals surface area (Å²) in [6.45, 7) is 4.84. The van der Waals surface area contributed by atoms with Gasteiger partial charge in [0.15, 0.2) is 0 Å². The summed E-state index contributed by atoms with van der Waals surface area (Å²) in [4.78, 5) is 12.4. The van der Waals surface area contributed by atoms with E-state index in [4.69, 9.17) is 5.11 Å². The summed E-state index contributed by atoms with van der Waals surface area (Å²) in [7, 11) is 0. The van der Waals surface area contributed by atoms with Gasteiger partial charge in [0.1, 0.15) is 4.88 Å². The highest BCUT2D eigenvalue weighted by Crippen LogP contribution is 2.21. The summed E-state index contributed by atoms with van der Waals surface area (Å²) in [5, 5.41) is 16.7. The highest BCUT2D eigenvalue weighted by molar-refractivity contribution is 7.14. The number of carboxylic acids is 1. The van der Waals surface area contributed by atoms with Gasteiger partial charge in [-0.1, -0.05) is 0 Å². The standard InChI is InChI=1S/C14H17NO2S2/c1-9(5-11-3-4-18-8-11)15-7-12-6-13(14(16)17)19-10(12)2/h3-4,6,8-9,15H,5,7H2,1-2H3,(H,16,17). The van der Waals surface area contributed by atoms with Gasteiger partial charge in [-0.3, -0.25) is 0 Å². The van der Waals surface area contributed by atoms with E-state index in [0.717, 1.165) is 23.4 Å². The summed E-state index contributed by atoms with van der Waals surface area (Å²) in [5.41, 5.74) is 2.43. The van der Waals surface area contributed by atoms with E-state index in [1.165, 1.54) is 16.9 Å². The van der Waals surface area contributed by atoms with E-state index in [1.807, 2.05) is 6.92 Å². The van der Waals surface area contributed by atoms with Gasteiger partial charge in [-0.25, -0.2) is 4.79 Å². The Balaban J connectivity index is 1.89. The van der Waals surface area contributed by atoms with Crippen molar-refractivity contribution in [1.82, 2.24) is 5.32 Å². The molecule has 1 atom stereocenters. The number of thiophene rings is 2. The minimum Gasteiger partial charge on any atom is -0.477 e. The van der Waals surface area contributed by atoms with Gasteiger partial charge in [-0.15, -0.1) is 11.3 Å². The van der Waals surface area contributed by atoms with Crippen LogP contribution in [0.25, 0.3) is 0 Å². The lowest BCUT2D eigenvalue weighted by Gasteiger charge is -2.12. The number of aromatic carboxylic acids is 1. The maximum atomic E-state index is 10.9. The first kappa shape index (κ1) is 14.2. The molecule has 2 heterocycles. The first-order chi connectivity index (χ1) is 9.06. The minimum absolute atomic E-state index is 0.377. The molecule has 2 aromatic rings. The molecule has 0 bridgehead atoms. The van der Waals surface area contributed by atoms with Crippen molar-refractivity contribution >= 4 is 28.6 Å². The maximum Gasteiger partial charge on any atom is 0.345 e. The quantitative estimate of drug-likeness (QED) is 0.857. The van der Waals surface area contributed by atoms with Gasteiger partial charge in [0.05, 0.1) is 0 Å². The zero-order chi connectivity index (χ0) is 13.8. The monoisotopic (exact) mass is 295 g/mol. The van der Waals surface area contributed by atoms with E-state index in [-0.39, 0.29) is 0 Å². The fourth-order valence-corrected chi connectivity index (χ4v) is 3.48. The molecule has 0 aliphatic carbocycles. The third-order valence-corrected chi connectivity index (χ3v) is 4.81. The second kappa shape index (κ2) is 6.32. The van der Waals surface area contributed by atoms with Gasteiger partial charge in [0, 0.05) is 17.5 Å². The minimum atomic E-state index is -0.842. The van der Waals surface area contributed by atoms with Gasteiger partial charge in [-0.2, -0.15) is 11.3 Å². The van der Waals surface area contributed by atoms with Crippen LogP contribution in [-0.4, -0.2) is 17.1 Å². The van der Waals surface area contributed by atoms with Crippen LogP contribution in [0.5, 0.6) is 0 Å². The molecular weight excluding hydrogens is 278 g/mol. The van der Waals surface area contributed by atoms with Crippen LogP contribution in [0.1, 0.15) is 32.6 Å². The first-order valence-electron chi connectivity index (χ1n) is 6.13. The third kappa shape index (κ3) is 3.89. The largest absolute Gasteiger partial charge is 0.477 e. The molecule has 2 N–H and O–H groups in total. The Hall–Kier alpha value is -1.17. The summed E-state index contributed by atoms with van der Waals surface area (Å²) in [6, 6.07) is 4.29. The fourth-order valence-electron chi connectivity index (χ4n) is 1.92. The van der Waals surface area contributed by atoms with Gasteiger partial charge in [0.2, 0.25) is 0 Å². The molecule has 5 heteroatoms. The van der Waals surface area contributed by atoms with Gasteiger partial charge in [0.25, 0.3) is 0 Å². The van der Waals surface area contributed by atoms with Gasteiger partial charge in [-0.05, 0) is 54.3 Å². The molecule has 2 rings (SSSR count). The van der Waals surface area contributed by atoms with Crippen molar-refractivity contribution in [3.05, 3.63) is 43.8 Å². The Labute approximate surface area is 120 Å². The van der Waals surface area contributed by atoms with Crippen molar-refractivity contribution in [3.63, 3.8) is 0 Å². The number of carboxylic acid groups (broad SMARTS) is 1. The van der Waals surface area contributed by atoms with Crippen LogP contribution < -0.4 is 5.32 Å². The average Bonchev–Trinajstić information content (AvgIpc) is 2.96. The molecule has 2 aromatic heterocycles. The Kier molecular flexibility index (Phi) is 4.74. The molecule has 0 saturated heterocycles. The number of hydrogen-bond donors (Lipinski definition) is 2. The van der Waals surface area contributed by atoms with Crippen LogP contribution in [0.3, 0.4) is 0 Å². The SMILES string of the molecule is Cc1sc(C(=O)O)cc1CNC(C)Cc1ccsc1. The predicted octanol–water partition coefficient (Wildman–Crippen LogP) is 3.54. The number of rotatable bonds is 6. The maximum absolute atomic E-state index is 10.9. The molecule has 0 aliphatic rings. The summed E-state index contributed by atoms with van der Waals surface area (Å²) >= 11 is 3.06. The van der Waals surface area contributed by atoms with Crippen molar-refractivity contribution in [2.24, 2.45) is 0 Å². The lowest BCUT2D eigenvalue weighted by atomic mass is 10.1. The Bertz CT molecular complexity index is 546. The van der Waals surface area contributed by atoms with E-state index in [1.54, 1.807) is 17.4 Å². The molecule has 0 spiro atoms. The summed E-state index contributed by atoms with van der Waals surface area (Å²) < 4.78 is 0. The van der Waals surface area contributed by atoms with E-state index in [9.17, 15) is 4.79 Å². The van der Waals surface area contributed by atoms with Crippen LogP contribution >= 0.6 is 22.7 Å². The topological polar surface area (TPSA) is 49.3 Å². The van der Waals surface area contributed by atoms with Crippen LogP contribution in [0.15, 0.2) is 22.9 Å². The highest BCUT2D eigenvalue weighted by atomic mass is 32.1. The fraction of sp³-hybridized carbons (Fsp3) is 0.357.